The van der Waals surface area contributed by atoms with Crippen molar-refractivity contribution in [2.75, 3.05) is 0 Å². The van der Waals surface area contributed by atoms with Gasteiger partial charge in [0.2, 0.25) is 0 Å². The van der Waals surface area contributed by atoms with E-state index in [0.29, 0.717) is 5.41 Å². The molecule has 0 saturated heterocycles. The highest BCUT2D eigenvalue weighted by molar-refractivity contribution is 4.80. The van der Waals surface area contributed by atoms with Crippen molar-refractivity contribution in [2.45, 2.75) is 412 Å². The fourth-order valence-corrected chi connectivity index (χ4v) is 11.6. The monoisotopic (exact) mass is 926 g/mol. The van der Waals surface area contributed by atoms with Gasteiger partial charge in [-0.05, 0) is 31.1 Å². The molecule has 0 nitrogen and oxygen atoms in total. The average Bonchev–Trinajstić information content (AvgIpc) is 3.33. The van der Waals surface area contributed by atoms with E-state index in [1.54, 1.807) is 25.7 Å². The van der Waals surface area contributed by atoms with Crippen LogP contribution in [0.15, 0.2) is 0 Å². The normalized spacial score (nSPS) is 12.0. The summed E-state index contributed by atoms with van der Waals surface area (Å²) in [7, 11) is 0. The van der Waals surface area contributed by atoms with Crippen LogP contribution in [0.3, 0.4) is 0 Å². The molecular weight excluding hydrogens is 793 g/mol. The highest BCUT2D eigenvalue weighted by Gasteiger charge is 2.28. The van der Waals surface area contributed by atoms with Gasteiger partial charge in [0.25, 0.3) is 0 Å². The van der Waals surface area contributed by atoms with E-state index >= 15 is 0 Å². The Labute approximate surface area is 422 Å². The standard InChI is InChI=1S/C66H133/c1-5-9-13-17-21-25-29-33-36-37-41-45-49-53-57-61-65-66(62-58-54-50-46-42-38-32-28-24-20-16-12-8-4,63-59-55-51-47-43-39-34-30-26-22-18-14-10-6-2)64-60-56-52-48-44-40-35-31-27-23-19-15-11-7-3/h1,5-65H2,2-4H3. The summed E-state index contributed by atoms with van der Waals surface area (Å²) in [6.45, 7) is 11.0. The molecule has 0 aromatic heterocycles. The van der Waals surface area contributed by atoms with Crippen LogP contribution in [0.4, 0.5) is 0 Å². The molecule has 0 aromatic rings. The first-order chi connectivity index (χ1) is 32.7. The molecule has 0 aromatic carbocycles. The van der Waals surface area contributed by atoms with Gasteiger partial charge in [-0.25, -0.2) is 0 Å². The molecule has 1 radical (unpaired) electrons. The van der Waals surface area contributed by atoms with Gasteiger partial charge in [0.15, 0.2) is 0 Å². The van der Waals surface area contributed by atoms with Gasteiger partial charge in [0.05, 0.1) is 0 Å². The second kappa shape index (κ2) is 59.3. The fraction of sp³-hybridized carbons (Fsp3) is 0.985. The first-order valence-corrected chi connectivity index (χ1v) is 32.5. The van der Waals surface area contributed by atoms with Crippen molar-refractivity contribution in [2.24, 2.45) is 5.41 Å². The molecule has 0 saturated carbocycles. The molecule has 0 aliphatic heterocycles. The summed E-state index contributed by atoms with van der Waals surface area (Å²) in [4.78, 5) is 0. The Kier molecular flexibility index (Phi) is 59.3. The van der Waals surface area contributed by atoms with Crippen LogP contribution in [0.2, 0.25) is 0 Å². The zero-order valence-electron chi connectivity index (χ0n) is 47.3. The van der Waals surface area contributed by atoms with Gasteiger partial charge in [-0.1, -0.05) is 394 Å². The minimum absolute atomic E-state index is 0.652. The summed E-state index contributed by atoms with van der Waals surface area (Å²) in [5.74, 6) is 0. The molecule has 0 fully saturated rings. The van der Waals surface area contributed by atoms with E-state index < -0.39 is 0 Å². The van der Waals surface area contributed by atoms with Crippen LogP contribution < -0.4 is 0 Å². The maximum atomic E-state index is 3.99. The Morgan fingerprint density at radius 1 is 0.167 bits per heavy atom. The number of rotatable bonds is 61. The third-order valence-electron chi connectivity index (χ3n) is 16.4. The Balaban J connectivity index is 4.93. The van der Waals surface area contributed by atoms with Crippen LogP contribution in [0, 0.1) is 12.3 Å². The minimum Gasteiger partial charge on any atom is -0.0654 e. The Morgan fingerprint density at radius 2 is 0.288 bits per heavy atom. The van der Waals surface area contributed by atoms with Crippen molar-refractivity contribution < 1.29 is 0 Å². The predicted molar refractivity (Wildman–Crippen MR) is 306 cm³/mol. The number of unbranched alkanes of at least 4 members (excludes halogenated alkanes) is 53. The molecule has 397 valence electrons. The van der Waals surface area contributed by atoms with Crippen LogP contribution in [-0.2, 0) is 0 Å². The summed E-state index contributed by atoms with van der Waals surface area (Å²) in [6.07, 6.45) is 90.1. The van der Waals surface area contributed by atoms with Crippen LogP contribution in [0.25, 0.3) is 0 Å². The quantitative estimate of drug-likeness (QED) is 0.0533. The van der Waals surface area contributed by atoms with E-state index in [1.807, 2.05) is 0 Å². The van der Waals surface area contributed by atoms with Crippen molar-refractivity contribution in [1.29, 1.82) is 0 Å². The lowest BCUT2D eigenvalue weighted by atomic mass is 9.70. The van der Waals surface area contributed by atoms with Crippen molar-refractivity contribution in [3.05, 3.63) is 6.92 Å². The SMILES string of the molecule is [CH2]CCCCCCCCCCCCCCCCCC(CCCCCCCCCCCCCCC)(CCCCCCCCCCCCCCCC)CCCCCCCCCCCCCCCC. The molecule has 0 bridgehead atoms. The molecule has 0 heterocycles. The van der Waals surface area contributed by atoms with E-state index in [-0.39, 0.29) is 0 Å². The lowest BCUT2D eigenvalue weighted by Crippen LogP contribution is -2.21. The second-order valence-corrected chi connectivity index (χ2v) is 23.1. The fourth-order valence-electron chi connectivity index (χ4n) is 11.6. The molecular formula is C66H133. The lowest BCUT2D eigenvalue weighted by molar-refractivity contribution is 0.171. The molecule has 0 aliphatic carbocycles. The summed E-state index contributed by atoms with van der Waals surface area (Å²) in [6, 6.07) is 0. The van der Waals surface area contributed by atoms with Crippen molar-refractivity contribution >= 4 is 0 Å². The van der Waals surface area contributed by atoms with E-state index in [9.17, 15) is 0 Å². The average molecular weight is 927 g/mol. The third-order valence-corrected chi connectivity index (χ3v) is 16.4. The number of hydrogen-bond acceptors (Lipinski definition) is 0. The highest BCUT2D eigenvalue weighted by atomic mass is 14.3. The largest absolute Gasteiger partial charge is 0.0654 e. The molecule has 0 amide bonds. The molecule has 66 heavy (non-hydrogen) atoms. The van der Waals surface area contributed by atoms with Gasteiger partial charge in [-0.15, -0.1) is 0 Å². The van der Waals surface area contributed by atoms with Crippen molar-refractivity contribution in [3.8, 4) is 0 Å². The van der Waals surface area contributed by atoms with Gasteiger partial charge in [-0.2, -0.15) is 0 Å². The van der Waals surface area contributed by atoms with E-state index in [4.69, 9.17) is 0 Å². The van der Waals surface area contributed by atoms with Gasteiger partial charge >= 0.3 is 0 Å². The van der Waals surface area contributed by atoms with Gasteiger partial charge in [0.1, 0.15) is 0 Å². The number of hydrogen-bond donors (Lipinski definition) is 0. The summed E-state index contributed by atoms with van der Waals surface area (Å²) in [5, 5.41) is 0. The molecule has 0 spiro atoms. The molecule has 0 aliphatic rings. The van der Waals surface area contributed by atoms with E-state index in [0.717, 1.165) is 6.42 Å². The van der Waals surface area contributed by atoms with Crippen LogP contribution in [0.5, 0.6) is 0 Å². The molecule has 0 atom stereocenters. The summed E-state index contributed by atoms with van der Waals surface area (Å²) >= 11 is 0. The van der Waals surface area contributed by atoms with Crippen molar-refractivity contribution in [3.63, 3.8) is 0 Å². The lowest BCUT2D eigenvalue weighted by Gasteiger charge is -2.35. The molecule has 0 heteroatoms. The van der Waals surface area contributed by atoms with Gasteiger partial charge in [0, 0.05) is 0 Å². The Bertz CT molecular complexity index is 779. The van der Waals surface area contributed by atoms with Gasteiger partial charge in [-0.3, -0.25) is 0 Å². The minimum atomic E-state index is 0.652. The highest BCUT2D eigenvalue weighted by Crippen LogP contribution is 2.42. The maximum absolute atomic E-state index is 3.99. The predicted octanol–water partition coefficient (Wildman–Crippen LogP) is 25.7. The molecule has 0 N–H and O–H groups in total. The Hall–Kier alpha value is 0. The van der Waals surface area contributed by atoms with E-state index in [2.05, 4.69) is 27.7 Å². The topological polar surface area (TPSA) is 0 Å². The second-order valence-electron chi connectivity index (χ2n) is 23.1. The maximum Gasteiger partial charge on any atom is -0.0297 e. The summed E-state index contributed by atoms with van der Waals surface area (Å²) in [5.41, 5.74) is 0.652. The molecule has 0 unspecified atom stereocenters. The van der Waals surface area contributed by atoms with Crippen LogP contribution in [-0.4, -0.2) is 0 Å². The zero-order valence-corrected chi connectivity index (χ0v) is 47.3. The van der Waals surface area contributed by atoms with E-state index in [1.165, 1.54) is 360 Å². The van der Waals surface area contributed by atoms with Gasteiger partial charge < -0.3 is 0 Å². The summed E-state index contributed by atoms with van der Waals surface area (Å²) < 4.78 is 0. The van der Waals surface area contributed by atoms with Crippen LogP contribution >= 0.6 is 0 Å². The molecule has 0 rings (SSSR count). The first-order valence-electron chi connectivity index (χ1n) is 32.5. The third kappa shape index (κ3) is 53.4. The Morgan fingerprint density at radius 3 is 0.424 bits per heavy atom. The first kappa shape index (κ1) is 66.0. The van der Waals surface area contributed by atoms with Crippen LogP contribution in [0.1, 0.15) is 412 Å². The zero-order chi connectivity index (χ0) is 47.6. The smallest absolute Gasteiger partial charge is 0.0297 e. The van der Waals surface area contributed by atoms with Crippen molar-refractivity contribution in [1.82, 2.24) is 0 Å².